The Balaban J connectivity index is 0.00000196. The number of nitrogens with zero attached hydrogens (tertiary/aromatic N) is 2. The van der Waals surface area contributed by atoms with Crippen molar-refractivity contribution in [2.75, 3.05) is 44.2 Å². The molecule has 7 heteroatoms. The number of hydrogen-bond donors (Lipinski definition) is 1. The lowest BCUT2D eigenvalue weighted by atomic mass is 10.1. The van der Waals surface area contributed by atoms with Crippen LogP contribution in [0.4, 0.5) is 5.69 Å². The van der Waals surface area contributed by atoms with Crippen LogP contribution in [0.1, 0.15) is 11.1 Å². The molecule has 3 rings (SSSR count). The third-order valence-corrected chi connectivity index (χ3v) is 5.17. The molecule has 1 heterocycles. The van der Waals surface area contributed by atoms with Gasteiger partial charge in [-0.3, -0.25) is 4.90 Å². The summed E-state index contributed by atoms with van der Waals surface area (Å²) < 4.78 is 5.75. The third kappa shape index (κ3) is 7.02. The van der Waals surface area contributed by atoms with E-state index in [-0.39, 0.29) is 24.8 Å². The number of aliphatic hydroxyl groups excluding tert-OH is 1. The molecule has 1 saturated heterocycles. The maximum Gasteiger partial charge on any atom is 0.119 e. The van der Waals surface area contributed by atoms with E-state index in [4.69, 9.17) is 16.3 Å². The van der Waals surface area contributed by atoms with Crippen LogP contribution >= 0.6 is 36.4 Å². The van der Waals surface area contributed by atoms with Crippen molar-refractivity contribution in [3.63, 3.8) is 0 Å². The molecule has 0 aliphatic carbocycles. The summed E-state index contributed by atoms with van der Waals surface area (Å²) in [6, 6.07) is 14.0. The van der Waals surface area contributed by atoms with Gasteiger partial charge in [0.15, 0.2) is 0 Å². The number of piperazine rings is 1. The number of hydrogen-bond acceptors (Lipinski definition) is 4. The number of benzene rings is 2. The summed E-state index contributed by atoms with van der Waals surface area (Å²) in [4.78, 5) is 4.62. The van der Waals surface area contributed by atoms with E-state index < -0.39 is 6.10 Å². The van der Waals surface area contributed by atoms with Gasteiger partial charge >= 0.3 is 0 Å². The number of halogens is 3. The Morgan fingerprint density at radius 2 is 1.71 bits per heavy atom. The van der Waals surface area contributed by atoms with E-state index in [2.05, 4.69) is 29.7 Å². The van der Waals surface area contributed by atoms with Crippen LogP contribution in [0.15, 0.2) is 42.5 Å². The van der Waals surface area contributed by atoms with Crippen LogP contribution in [0.2, 0.25) is 5.02 Å². The van der Waals surface area contributed by atoms with E-state index in [1.807, 2.05) is 36.4 Å². The monoisotopic (exact) mass is 446 g/mol. The zero-order valence-corrected chi connectivity index (χ0v) is 18.7. The Labute approximate surface area is 185 Å². The highest BCUT2D eigenvalue weighted by molar-refractivity contribution is 6.30. The van der Waals surface area contributed by atoms with Gasteiger partial charge in [0.2, 0.25) is 0 Å². The molecular weight excluding hydrogens is 419 g/mol. The average Bonchev–Trinajstić information content (AvgIpc) is 2.63. The molecule has 1 fully saturated rings. The van der Waals surface area contributed by atoms with Gasteiger partial charge in [-0.05, 0) is 55.3 Å². The minimum absolute atomic E-state index is 0. The molecule has 1 aliphatic heterocycles. The fourth-order valence-corrected chi connectivity index (χ4v) is 3.39. The first-order valence-electron chi connectivity index (χ1n) is 9.12. The van der Waals surface area contributed by atoms with E-state index >= 15 is 0 Å². The topological polar surface area (TPSA) is 35.9 Å². The summed E-state index contributed by atoms with van der Waals surface area (Å²) in [5, 5.41) is 11.1. The lowest BCUT2D eigenvalue weighted by molar-refractivity contribution is 0.0663. The van der Waals surface area contributed by atoms with Crippen LogP contribution in [0, 0.1) is 13.8 Å². The third-order valence-electron chi connectivity index (χ3n) is 4.94. The lowest BCUT2D eigenvalue weighted by Crippen LogP contribution is -2.49. The molecule has 0 saturated carbocycles. The summed E-state index contributed by atoms with van der Waals surface area (Å²) in [5.41, 5.74) is 3.61. The zero-order valence-electron chi connectivity index (χ0n) is 16.3. The largest absolute Gasteiger partial charge is 0.491 e. The van der Waals surface area contributed by atoms with Crippen molar-refractivity contribution < 1.29 is 9.84 Å². The maximum absolute atomic E-state index is 10.3. The molecule has 1 N–H and O–H groups in total. The molecule has 1 atom stereocenters. The zero-order chi connectivity index (χ0) is 18.5. The van der Waals surface area contributed by atoms with Gasteiger partial charge in [-0.2, -0.15) is 0 Å². The smallest absolute Gasteiger partial charge is 0.119 e. The molecule has 156 valence electrons. The molecule has 1 unspecified atom stereocenters. The normalized spacial score (nSPS) is 15.4. The van der Waals surface area contributed by atoms with E-state index in [1.54, 1.807) is 0 Å². The number of β-amino-alcohol motifs (C(OH)–C–C–N with tert-alkyl or cyclic N) is 1. The van der Waals surface area contributed by atoms with E-state index in [9.17, 15) is 5.11 Å². The summed E-state index contributed by atoms with van der Waals surface area (Å²) in [5.74, 6) is 0.818. The summed E-state index contributed by atoms with van der Waals surface area (Å²) in [7, 11) is 0. The van der Waals surface area contributed by atoms with Crippen molar-refractivity contribution in [3.05, 3.63) is 58.6 Å². The van der Waals surface area contributed by atoms with Gasteiger partial charge in [0, 0.05) is 43.4 Å². The minimum Gasteiger partial charge on any atom is -0.491 e. The Hall–Kier alpha value is -1.17. The molecule has 0 amide bonds. The first kappa shape index (κ1) is 24.9. The van der Waals surface area contributed by atoms with E-state index in [0.717, 1.165) is 42.6 Å². The number of anilines is 1. The Morgan fingerprint density at radius 1 is 1.00 bits per heavy atom. The van der Waals surface area contributed by atoms with Crippen molar-refractivity contribution in [1.29, 1.82) is 0 Å². The number of aliphatic hydroxyl groups is 1. The van der Waals surface area contributed by atoms with Gasteiger partial charge in [0.05, 0.1) is 0 Å². The quantitative estimate of drug-likeness (QED) is 0.713. The van der Waals surface area contributed by atoms with E-state index in [0.29, 0.717) is 13.2 Å². The molecule has 2 aromatic carbocycles. The SMILES string of the molecule is Cc1ccc(OCC(O)CN2CCN(c3cccc(Cl)c3)CC2)cc1C.Cl.Cl. The lowest BCUT2D eigenvalue weighted by Gasteiger charge is -2.36. The van der Waals surface area contributed by atoms with Crippen molar-refractivity contribution in [1.82, 2.24) is 4.90 Å². The summed E-state index contributed by atoms with van der Waals surface area (Å²) in [6.07, 6.45) is -0.491. The second-order valence-corrected chi connectivity index (χ2v) is 7.41. The van der Waals surface area contributed by atoms with Crippen LogP contribution < -0.4 is 9.64 Å². The summed E-state index contributed by atoms with van der Waals surface area (Å²) >= 11 is 6.08. The van der Waals surface area contributed by atoms with E-state index in [1.165, 1.54) is 11.1 Å². The molecule has 0 bridgehead atoms. The summed E-state index contributed by atoms with van der Waals surface area (Å²) in [6.45, 7) is 8.82. The second kappa shape index (κ2) is 11.7. The molecule has 0 aromatic heterocycles. The molecule has 2 aromatic rings. The van der Waals surface area contributed by atoms with Crippen molar-refractivity contribution in [2.24, 2.45) is 0 Å². The molecule has 0 radical (unpaired) electrons. The first-order valence-corrected chi connectivity index (χ1v) is 9.50. The van der Waals surface area contributed by atoms with Crippen molar-refractivity contribution in [2.45, 2.75) is 20.0 Å². The van der Waals surface area contributed by atoms with Gasteiger partial charge in [0.1, 0.15) is 18.5 Å². The Morgan fingerprint density at radius 3 is 2.36 bits per heavy atom. The maximum atomic E-state index is 10.3. The highest BCUT2D eigenvalue weighted by atomic mass is 35.5. The number of ether oxygens (including phenoxy) is 1. The molecular formula is C21H29Cl3N2O2. The fourth-order valence-electron chi connectivity index (χ4n) is 3.21. The predicted molar refractivity (Wildman–Crippen MR) is 122 cm³/mol. The Bertz CT molecular complexity index is 737. The molecule has 1 aliphatic rings. The van der Waals surface area contributed by atoms with Crippen LogP contribution in [-0.2, 0) is 0 Å². The number of rotatable bonds is 6. The highest BCUT2D eigenvalue weighted by Crippen LogP contribution is 2.21. The van der Waals surface area contributed by atoms with Gasteiger partial charge in [-0.1, -0.05) is 23.7 Å². The van der Waals surface area contributed by atoms with Gasteiger partial charge < -0.3 is 14.7 Å². The fraction of sp³-hybridized carbons (Fsp3) is 0.429. The van der Waals surface area contributed by atoms with Gasteiger partial charge in [0.25, 0.3) is 0 Å². The molecule has 4 nitrogen and oxygen atoms in total. The molecule has 28 heavy (non-hydrogen) atoms. The average molecular weight is 448 g/mol. The van der Waals surface area contributed by atoms with Crippen LogP contribution in [0.5, 0.6) is 5.75 Å². The molecule has 0 spiro atoms. The predicted octanol–water partition coefficient (Wildman–Crippen LogP) is 4.36. The van der Waals surface area contributed by atoms with Crippen LogP contribution in [0.3, 0.4) is 0 Å². The number of aryl methyl sites for hydroxylation is 2. The highest BCUT2D eigenvalue weighted by Gasteiger charge is 2.20. The van der Waals surface area contributed by atoms with Gasteiger partial charge in [-0.15, -0.1) is 24.8 Å². The Kier molecular flexibility index (Phi) is 10.4. The van der Waals surface area contributed by atoms with Crippen LogP contribution in [-0.4, -0.2) is 55.4 Å². The first-order chi connectivity index (χ1) is 12.5. The second-order valence-electron chi connectivity index (χ2n) is 6.98. The standard InChI is InChI=1S/C21H27ClN2O2.2ClH/c1-16-6-7-21(12-17(16)2)26-15-20(25)14-23-8-10-24(11-9-23)19-5-3-4-18(22)13-19;;/h3-7,12-13,20,25H,8-11,14-15H2,1-2H3;2*1H. The van der Waals surface area contributed by atoms with Crippen molar-refractivity contribution >= 4 is 42.1 Å². The van der Waals surface area contributed by atoms with Crippen molar-refractivity contribution in [3.8, 4) is 5.75 Å². The van der Waals surface area contributed by atoms with Crippen LogP contribution in [0.25, 0.3) is 0 Å². The van der Waals surface area contributed by atoms with Gasteiger partial charge in [-0.25, -0.2) is 0 Å². The minimum atomic E-state index is -0.491.